The van der Waals surface area contributed by atoms with Gasteiger partial charge in [0.25, 0.3) is 0 Å². The van der Waals surface area contributed by atoms with E-state index in [1.807, 2.05) is 0 Å². The minimum atomic E-state index is 0.770. The average molecular weight is 415 g/mol. The molecule has 7 heavy (non-hydrogen) atoms. The first-order valence-corrected chi connectivity index (χ1v) is 10.5. The van der Waals surface area contributed by atoms with E-state index in [-0.39, 0.29) is 0 Å². The van der Waals surface area contributed by atoms with Gasteiger partial charge in [-0.25, -0.2) is 0 Å². The second-order valence-corrected chi connectivity index (χ2v) is 12.7. The summed E-state index contributed by atoms with van der Waals surface area (Å²) >= 11 is 4.69. The predicted octanol–water partition coefficient (Wildman–Crippen LogP) is 1.22. The molecule has 0 atom stereocenters. The summed E-state index contributed by atoms with van der Waals surface area (Å²) in [6.07, 6.45) is 0. The molecule has 0 aliphatic rings. The topological polar surface area (TPSA) is 34.1 Å². The van der Waals surface area contributed by atoms with Gasteiger partial charge in [-0.2, -0.15) is 0 Å². The first-order chi connectivity index (χ1) is 3.41. The van der Waals surface area contributed by atoms with E-state index in [2.05, 4.69) is 53.1 Å². The number of halogens is 2. The number of hydrogen-bond donors (Lipinski definition) is 0. The third-order valence-electron chi connectivity index (χ3n) is 0. The van der Waals surface area contributed by atoms with E-state index in [4.69, 9.17) is 9.59 Å². The van der Waals surface area contributed by atoms with Crippen molar-refractivity contribution in [1.82, 2.24) is 0 Å². The third-order valence-corrected chi connectivity index (χ3v) is 0. The van der Waals surface area contributed by atoms with Gasteiger partial charge in [-0.15, -0.1) is 0 Å². The SMILES string of the molecule is [CH-]=O.[CH-]=O.[I][Rh][I]. The molecule has 0 fully saturated rings. The predicted molar refractivity (Wildman–Crippen MR) is 41.5 cm³/mol. The molecule has 0 aliphatic carbocycles. The molecule has 0 spiro atoms. The van der Waals surface area contributed by atoms with Crippen molar-refractivity contribution in [3.8, 4) is 0 Å². The van der Waals surface area contributed by atoms with E-state index in [9.17, 15) is 0 Å². The summed E-state index contributed by atoms with van der Waals surface area (Å²) in [6.45, 7) is 6.50. The first-order valence-electron chi connectivity index (χ1n) is 0.723. The molecule has 2 nitrogen and oxygen atoms in total. The summed E-state index contributed by atoms with van der Waals surface area (Å²) in [7, 11) is 0.770. The van der Waals surface area contributed by atoms with Crippen LogP contribution in [0.3, 0.4) is 0 Å². The Kier molecular flexibility index (Phi) is 118. The van der Waals surface area contributed by atoms with Gasteiger partial charge in [0.2, 0.25) is 0 Å². The Hall–Kier alpha value is 1.42. The zero-order chi connectivity index (χ0) is 6.71. The van der Waals surface area contributed by atoms with Gasteiger partial charge in [-0.3, -0.25) is 13.6 Å². The second kappa shape index (κ2) is 52.2. The molecule has 0 aliphatic heterocycles. The molecule has 0 aromatic heterocycles. The van der Waals surface area contributed by atoms with Gasteiger partial charge in [0.05, 0.1) is 0 Å². The van der Waals surface area contributed by atoms with Gasteiger partial charge < -0.3 is 9.59 Å². The fourth-order valence-corrected chi connectivity index (χ4v) is 0. The Balaban J connectivity index is -0.0000000360. The number of carbonyl (C=O) groups excluding carboxylic acids is 2. The van der Waals surface area contributed by atoms with E-state index >= 15 is 0 Å². The van der Waals surface area contributed by atoms with Crippen molar-refractivity contribution in [2.24, 2.45) is 0 Å². The Labute approximate surface area is 71.8 Å². The van der Waals surface area contributed by atoms with Crippen molar-refractivity contribution >= 4 is 53.1 Å². The van der Waals surface area contributed by atoms with Crippen LogP contribution in [0.5, 0.6) is 0 Å². The summed E-state index contributed by atoms with van der Waals surface area (Å²) in [5.41, 5.74) is 0. The number of hydrogen-bond acceptors (Lipinski definition) is 2. The molecule has 0 unspecified atom stereocenters. The van der Waals surface area contributed by atoms with Crippen LogP contribution in [-0.4, -0.2) is 13.6 Å². The van der Waals surface area contributed by atoms with Crippen LogP contribution in [-0.2, 0) is 19.7 Å². The molecule has 0 saturated heterocycles. The molecule has 0 bridgehead atoms. The van der Waals surface area contributed by atoms with Crippen LogP contribution in [0.2, 0.25) is 0 Å². The number of rotatable bonds is 0. The maximum atomic E-state index is 7.75. The third kappa shape index (κ3) is 108. The zero-order valence-corrected chi connectivity index (χ0v) is 9.01. The molecule has 0 aromatic rings. The van der Waals surface area contributed by atoms with Crippen LogP contribution in [0.15, 0.2) is 0 Å². The van der Waals surface area contributed by atoms with Crippen LogP contribution in [0.4, 0.5) is 0 Å². The van der Waals surface area contributed by atoms with Crippen LogP contribution < -0.4 is 0 Å². The van der Waals surface area contributed by atoms with E-state index in [0.717, 1.165) is 10.1 Å². The van der Waals surface area contributed by atoms with Crippen molar-refractivity contribution in [3.63, 3.8) is 0 Å². The van der Waals surface area contributed by atoms with Crippen molar-refractivity contribution in [1.29, 1.82) is 0 Å². The Bertz CT molecular complexity index is 21.2. The zero-order valence-electron chi connectivity index (χ0n) is 3.06. The van der Waals surface area contributed by atoms with Crippen LogP contribution in [0, 0.1) is 0 Å². The second-order valence-electron chi connectivity index (χ2n) is 0.0476. The summed E-state index contributed by atoms with van der Waals surface area (Å²) in [5, 5.41) is 0. The molecule has 0 saturated carbocycles. The van der Waals surface area contributed by atoms with Crippen LogP contribution >= 0.6 is 39.5 Å². The monoisotopic (exact) mass is 415 g/mol. The Morgan fingerprint density at radius 3 is 1.00 bits per heavy atom. The summed E-state index contributed by atoms with van der Waals surface area (Å²) in [4.78, 5) is 15.5. The maximum absolute atomic E-state index is 7.75. The van der Waals surface area contributed by atoms with E-state index < -0.39 is 0 Å². The molecule has 0 amide bonds. The quantitative estimate of drug-likeness (QED) is 0.258. The van der Waals surface area contributed by atoms with Crippen molar-refractivity contribution < 1.29 is 19.7 Å². The summed E-state index contributed by atoms with van der Waals surface area (Å²) < 4.78 is 0. The minimum absolute atomic E-state index is 0.770. The fraction of sp³-hybridized carbons (Fsp3) is 0. The Morgan fingerprint density at radius 1 is 1.00 bits per heavy atom. The molecule has 47 valence electrons. The van der Waals surface area contributed by atoms with Gasteiger partial charge in [0, 0.05) is 0 Å². The van der Waals surface area contributed by atoms with Crippen LogP contribution in [0.1, 0.15) is 0 Å². The van der Waals surface area contributed by atoms with Crippen molar-refractivity contribution in [3.05, 3.63) is 0 Å². The molecular weight excluding hydrogens is 413 g/mol. The van der Waals surface area contributed by atoms with Gasteiger partial charge in [-0.05, 0) is 0 Å². The molecule has 0 rings (SSSR count). The molecular formula is C2H2I2O2Rh-2. The normalized spacial score (nSPS) is 4.29. The van der Waals surface area contributed by atoms with Crippen molar-refractivity contribution in [2.45, 2.75) is 0 Å². The molecule has 0 N–H and O–H groups in total. The van der Waals surface area contributed by atoms with Crippen LogP contribution in [0.25, 0.3) is 0 Å². The standard InChI is InChI=1S/2CHO.2HI.Rh/c2*1-2;;;/h2*1H;2*1H;/q2*-1;;;+2/p-2. The van der Waals surface area contributed by atoms with Crippen molar-refractivity contribution in [2.75, 3.05) is 0 Å². The van der Waals surface area contributed by atoms with E-state index in [0.29, 0.717) is 0 Å². The van der Waals surface area contributed by atoms with Gasteiger partial charge in [0.15, 0.2) is 0 Å². The fourth-order valence-electron chi connectivity index (χ4n) is 0. The Morgan fingerprint density at radius 2 is 1.00 bits per heavy atom. The molecule has 0 radical (unpaired) electrons. The summed E-state index contributed by atoms with van der Waals surface area (Å²) in [6, 6.07) is 0. The van der Waals surface area contributed by atoms with Gasteiger partial charge >= 0.3 is 49.6 Å². The van der Waals surface area contributed by atoms with E-state index in [1.54, 1.807) is 0 Å². The molecule has 0 heterocycles. The van der Waals surface area contributed by atoms with Gasteiger partial charge in [0.1, 0.15) is 0 Å². The van der Waals surface area contributed by atoms with Gasteiger partial charge in [-0.1, -0.05) is 0 Å². The first kappa shape index (κ1) is 15.8. The molecule has 5 heteroatoms. The average Bonchev–Trinajstić information content (AvgIpc) is 1.78. The molecule has 0 aromatic carbocycles. The summed E-state index contributed by atoms with van der Waals surface area (Å²) in [5.74, 6) is 0. The van der Waals surface area contributed by atoms with E-state index in [1.165, 1.54) is 0 Å².